The molecule has 0 aliphatic heterocycles. The third kappa shape index (κ3) is 6.12. The van der Waals surface area contributed by atoms with Crippen LogP contribution in [-0.4, -0.2) is 36.3 Å². The summed E-state index contributed by atoms with van der Waals surface area (Å²) in [6.45, 7) is 1.61. The Morgan fingerprint density at radius 2 is 2.44 bits per heavy atom. The third-order valence-electron chi connectivity index (χ3n) is 2.00. The van der Waals surface area contributed by atoms with Gasteiger partial charge in [0.1, 0.15) is 0 Å². The molecule has 0 aliphatic carbocycles. The summed E-state index contributed by atoms with van der Waals surface area (Å²) in [6, 6.07) is 3.83. The van der Waals surface area contributed by atoms with Gasteiger partial charge < -0.3 is 21.1 Å². The fraction of sp³-hybridized carbons (Fsp3) is 0.364. The van der Waals surface area contributed by atoms with Crippen LogP contribution in [0.4, 0.5) is 0 Å². The SMILES string of the molecule is COCCN=C(N)NC(=S)NCc1cccnc1. The van der Waals surface area contributed by atoms with Crippen LogP contribution in [-0.2, 0) is 11.3 Å². The minimum Gasteiger partial charge on any atom is -0.383 e. The van der Waals surface area contributed by atoms with Crippen molar-refractivity contribution < 1.29 is 4.74 Å². The van der Waals surface area contributed by atoms with Crippen molar-refractivity contribution in [3.05, 3.63) is 30.1 Å². The Labute approximate surface area is 112 Å². The quantitative estimate of drug-likeness (QED) is 0.301. The Kier molecular flexibility index (Phi) is 6.67. The number of hydrogen-bond acceptors (Lipinski definition) is 4. The highest BCUT2D eigenvalue weighted by Crippen LogP contribution is 1.93. The van der Waals surface area contributed by atoms with E-state index in [1.54, 1.807) is 19.5 Å². The molecule has 0 aromatic carbocycles. The molecule has 1 aromatic heterocycles. The predicted octanol–water partition coefficient (Wildman–Crippen LogP) is 0.00680. The van der Waals surface area contributed by atoms with E-state index < -0.39 is 0 Å². The van der Waals surface area contributed by atoms with Gasteiger partial charge in [-0.3, -0.25) is 9.98 Å². The highest BCUT2D eigenvalue weighted by atomic mass is 32.1. The van der Waals surface area contributed by atoms with E-state index in [1.807, 2.05) is 12.1 Å². The molecule has 4 N–H and O–H groups in total. The fourth-order valence-electron chi connectivity index (χ4n) is 1.14. The first-order valence-electron chi connectivity index (χ1n) is 5.45. The van der Waals surface area contributed by atoms with Gasteiger partial charge in [0.25, 0.3) is 0 Å². The second-order valence-electron chi connectivity index (χ2n) is 3.43. The molecule has 98 valence electrons. The maximum absolute atomic E-state index is 5.63. The molecule has 0 amide bonds. The number of rotatable bonds is 5. The van der Waals surface area contributed by atoms with Crippen LogP contribution in [0.1, 0.15) is 5.56 Å². The Morgan fingerprint density at radius 1 is 1.61 bits per heavy atom. The van der Waals surface area contributed by atoms with Crippen LogP contribution in [0.25, 0.3) is 0 Å². The van der Waals surface area contributed by atoms with Gasteiger partial charge in [-0.05, 0) is 23.8 Å². The van der Waals surface area contributed by atoms with Crippen molar-refractivity contribution in [1.29, 1.82) is 0 Å². The van der Waals surface area contributed by atoms with E-state index in [2.05, 4.69) is 20.6 Å². The van der Waals surface area contributed by atoms with Crippen molar-refractivity contribution in [3.63, 3.8) is 0 Å². The Hall–Kier alpha value is -1.73. The van der Waals surface area contributed by atoms with Crippen LogP contribution in [0, 0.1) is 0 Å². The highest BCUT2D eigenvalue weighted by molar-refractivity contribution is 7.80. The Bertz CT molecular complexity index is 396. The molecular weight excluding hydrogens is 250 g/mol. The van der Waals surface area contributed by atoms with Crippen molar-refractivity contribution in [3.8, 4) is 0 Å². The molecule has 1 rings (SSSR count). The number of nitrogens with two attached hydrogens (primary N) is 1. The molecule has 18 heavy (non-hydrogen) atoms. The number of pyridine rings is 1. The lowest BCUT2D eigenvalue weighted by Gasteiger charge is -2.09. The Balaban J connectivity index is 2.27. The smallest absolute Gasteiger partial charge is 0.194 e. The van der Waals surface area contributed by atoms with E-state index in [9.17, 15) is 0 Å². The van der Waals surface area contributed by atoms with E-state index in [1.165, 1.54) is 0 Å². The summed E-state index contributed by atoms with van der Waals surface area (Å²) in [6.07, 6.45) is 3.49. The van der Waals surface area contributed by atoms with Gasteiger partial charge in [-0.25, -0.2) is 0 Å². The number of nitrogens with zero attached hydrogens (tertiary/aromatic N) is 2. The highest BCUT2D eigenvalue weighted by Gasteiger charge is 1.98. The summed E-state index contributed by atoms with van der Waals surface area (Å²) in [4.78, 5) is 8.03. The van der Waals surface area contributed by atoms with Crippen molar-refractivity contribution in [1.82, 2.24) is 15.6 Å². The summed E-state index contributed by atoms with van der Waals surface area (Å²) in [7, 11) is 1.61. The van der Waals surface area contributed by atoms with E-state index in [-0.39, 0.29) is 5.96 Å². The number of hydrogen-bond donors (Lipinski definition) is 3. The fourth-order valence-corrected chi connectivity index (χ4v) is 1.32. The average Bonchev–Trinajstić information content (AvgIpc) is 2.38. The molecule has 0 saturated heterocycles. The monoisotopic (exact) mass is 267 g/mol. The number of aromatic nitrogens is 1. The topological polar surface area (TPSA) is 84.6 Å². The van der Waals surface area contributed by atoms with Crippen LogP contribution in [0.5, 0.6) is 0 Å². The van der Waals surface area contributed by atoms with Crippen LogP contribution in [0.15, 0.2) is 29.5 Å². The standard InChI is InChI=1S/C11H17N5OS/c1-17-6-5-14-10(12)16-11(18)15-8-9-3-2-4-13-7-9/h2-4,7H,5-6,8H2,1H3,(H4,12,14,15,16,18). The predicted molar refractivity (Wildman–Crippen MR) is 75.2 cm³/mol. The lowest BCUT2D eigenvalue weighted by molar-refractivity contribution is 0.208. The van der Waals surface area contributed by atoms with E-state index in [4.69, 9.17) is 22.7 Å². The summed E-state index contributed by atoms with van der Waals surface area (Å²) < 4.78 is 4.86. The zero-order valence-corrected chi connectivity index (χ0v) is 11.0. The number of ether oxygens (including phenoxy) is 1. The summed E-state index contributed by atoms with van der Waals surface area (Å²) in [5, 5.41) is 6.22. The van der Waals surface area contributed by atoms with Crippen LogP contribution >= 0.6 is 12.2 Å². The molecule has 6 nitrogen and oxygen atoms in total. The van der Waals surface area contributed by atoms with Crippen LogP contribution < -0.4 is 16.4 Å². The minimum absolute atomic E-state index is 0.274. The lowest BCUT2D eigenvalue weighted by Crippen LogP contribution is -2.43. The van der Waals surface area contributed by atoms with E-state index in [0.29, 0.717) is 24.8 Å². The van der Waals surface area contributed by atoms with Crippen LogP contribution in [0.3, 0.4) is 0 Å². The van der Waals surface area contributed by atoms with Gasteiger partial charge in [0, 0.05) is 26.0 Å². The Morgan fingerprint density at radius 3 is 3.11 bits per heavy atom. The van der Waals surface area contributed by atoms with Crippen molar-refractivity contribution >= 4 is 23.3 Å². The first-order valence-corrected chi connectivity index (χ1v) is 5.86. The normalized spacial score (nSPS) is 11.1. The summed E-state index contributed by atoms with van der Waals surface area (Å²) in [5.41, 5.74) is 6.67. The second-order valence-corrected chi connectivity index (χ2v) is 3.84. The summed E-state index contributed by atoms with van der Waals surface area (Å²) in [5.74, 6) is 0.274. The molecular formula is C11H17N5OS. The average molecular weight is 267 g/mol. The van der Waals surface area contributed by atoms with Gasteiger partial charge >= 0.3 is 0 Å². The molecule has 0 unspecified atom stereocenters. The van der Waals surface area contributed by atoms with Crippen molar-refractivity contribution in [2.24, 2.45) is 10.7 Å². The second kappa shape index (κ2) is 8.37. The molecule has 0 aliphatic rings. The lowest BCUT2D eigenvalue weighted by atomic mass is 10.3. The van der Waals surface area contributed by atoms with Crippen LogP contribution in [0.2, 0.25) is 0 Å². The molecule has 0 fully saturated rings. The number of nitrogens with one attached hydrogen (secondary N) is 2. The summed E-state index contributed by atoms with van der Waals surface area (Å²) >= 11 is 5.07. The van der Waals surface area contributed by atoms with Gasteiger partial charge in [-0.2, -0.15) is 0 Å². The van der Waals surface area contributed by atoms with Crippen molar-refractivity contribution in [2.75, 3.05) is 20.3 Å². The third-order valence-corrected chi connectivity index (χ3v) is 2.24. The molecule has 0 atom stereocenters. The van der Waals surface area contributed by atoms with Gasteiger partial charge in [0.2, 0.25) is 0 Å². The zero-order valence-electron chi connectivity index (χ0n) is 10.2. The molecule has 0 saturated carbocycles. The minimum atomic E-state index is 0.274. The molecule has 7 heteroatoms. The van der Waals surface area contributed by atoms with E-state index in [0.717, 1.165) is 5.56 Å². The number of methoxy groups -OCH3 is 1. The molecule has 0 bridgehead atoms. The van der Waals surface area contributed by atoms with Gasteiger partial charge in [0.15, 0.2) is 11.1 Å². The maximum Gasteiger partial charge on any atom is 0.194 e. The maximum atomic E-state index is 5.63. The zero-order chi connectivity index (χ0) is 13.2. The molecule has 0 radical (unpaired) electrons. The number of guanidine groups is 1. The van der Waals surface area contributed by atoms with Gasteiger partial charge in [0.05, 0.1) is 13.2 Å². The molecule has 1 heterocycles. The molecule has 1 aromatic rings. The van der Waals surface area contributed by atoms with E-state index >= 15 is 0 Å². The number of thiocarbonyl (C=S) groups is 1. The van der Waals surface area contributed by atoms with Crippen molar-refractivity contribution in [2.45, 2.75) is 6.54 Å². The first-order chi connectivity index (χ1) is 8.72. The van der Waals surface area contributed by atoms with Gasteiger partial charge in [-0.1, -0.05) is 6.07 Å². The molecule has 0 spiro atoms. The van der Waals surface area contributed by atoms with Gasteiger partial charge in [-0.15, -0.1) is 0 Å². The number of aliphatic imine (C=N–C) groups is 1. The largest absolute Gasteiger partial charge is 0.383 e. The first kappa shape index (κ1) is 14.3.